The molecule has 1 spiro atoms. The van der Waals surface area contributed by atoms with Crippen LogP contribution in [0.25, 0.3) is 0 Å². The second-order valence-electron chi connectivity index (χ2n) is 7.69. The van der Waals surface area contributed by atoms with Crippen LogP contribution in [0.4, 0.5) is 16.2 Å². The third kappa shape index (κ3) is 4.42. The molecule has 1 atom stereocenters. The number of carbonyl (C=O) groups excluding carboxylic acids is 2. The third-order valence-corrected chi connectivity index (χ3v) is 5.43. The van der Waals surface area contributed by atoms with Crippen LogP contribution < -0.4 is 10.6 Å². The van der Waals surface area contributed by atoms with Gasteiger partial charge in [0.25, 0.3) is 5.91 Å². The van der Waals surface area contributed by atoms with Crippen LogP contribution in [0.3, 0.4) is 0 Å². The normalized spacial score (nSPS) is 20.4. The lowest BCUT2D eigenvalue weighted by Gasteiger charge is -2.38. The van der Waals surface area contributed by atoms with Crippen LogP contribution in [-0.4, -0.2) is 46.2 Å². The Hall–Kier alpha value is -3.42. The number of nitrogens with one attached hydrogen (secondary N) is 2. The van der Waals surface area contributed by atoms with Gasteiger partial charge in [-0.2, -0.15) is 0 Å². The Labute approximate surface area is 175 Å². The maximum absolute atomic E-state index is 12.8. The summed E-state index contributed by atoms with van der Waals surface area (Å²) in [5, 5.41) is 9.78. The number of urea groups is 1. The number of aromatic nitrogens is 1. The highest BCUT2D eigenvalue weighted by molar-refractivity contribution is 6.43. The number of anilines is 2. The second kappa shape index (κ2) is 8.52. The quantitative estimate of drug-likeness (QED) is 0.812. The Morgan fingerprint density at radius 2 is 2.07 bits per heavy atom. The number of oxime groups is 1. The van der Waals surface area contributed by atoms with Gasteiger partial charge in [-0.1, -0.05) is 24.2 Å². The first-order chi connectivity index (χ1) is 14.6. The lowest BCUT2D eigenvalue weighted by Crippen LogP contribution is -2.52. The molecular weight excluding hydrogens is 382 g/mol. The van der Waals surface area contributed by atoms with E-state index in [1.807, 2.05) is 24.3 Å². The fourth-order valence-corrected chi connectivity index (χ4v) is 3.85. The molecule has 3 heterocycles. The molecule has 1 saturated heterocycles. The first kappa shape index (κ1) is 19.9. The standard InChI is InChI=1S/C22H25N5O3/c1-2-16-6-3-7-17(12-16)25-21(29)27-11-5-9-22(15-27)13-19(26-30-22)20(28)24-18-8-4-10-23-14-18/h3-4,6-8,10,12,14H,2,5,9,11,13,15H2,1H3,(H,24,28)(H,25,29). The molecule has 8 heteroatoms. The topological polar surface area (TPSA) is 95.9 Å². The molecule has 0 bridgehead atoms. The van der Waals surface area contributed by atoms with Gasteiger partial charge in [-0.3, -0.25) is 9.78 Å². The molecule has 0 aliphatic carbocycles. The first-order valence-corrected chi connectivity index (χ1v) is 10.2. The molecule has 0 radical (unpaired) electrons. The molecule has 2 aliphatic rings. The van der Waals surface area contributed by atoms with Gasteiger partial charge in [0, 0.05) is 24.8 Å². The number of nitrogens with zero attached hydrogens (tertiary/aromatic N) is 3. The van der Waals surface area contributed by atoms with E-state index in [1.165, 1.54) is 5.56 Å². The molecule has 1 aromatic carbocycles. The van der Waals surface area contributed by atoms with E-state index in [4.69, 9.17) is 4.84 Å². The zero-order chi connectivity index (χ0) is 21.0. The highest BCUT2D eigenvalue weighted by Gasteiger charge is 2.45. The minimum atomic E-state index is -0.650. The molecule has 4 rings (SSSR count). The number of pyridine rings is 1. The summed E-state index contributed by atoms with van der Waals surface area (Å²) in [7, 11) is 0. The average molecular weight is 407 g/mol. The van der Waals surface area contributed by atoms with Crippen LogP contribution in [0, 0.1) is 0 Å². The maximum atomic E-state index is 12.8. The fourth-order valence-electron chi connectivity index (χ4n) is 3.85. The van der Waals surface area contributed by atoms with Crippen molar-refractivity contribution in [2.24, 2.45) is 5.16 Å². The fraction of sp³-hybridized carbons (Fsp3) is 0.364. The highest BCUT2D eigenvalue weighted by Crippen LogP contribution is 2.34. The van der Waals surface area contributed by atoms with Gasteiger partial charge in [0.1, 0.15) is 5.71 Å². The van der Waals surface area contributed by atoms with Gasteiger partial charge in [0.05, 0.1) is 18.4 Å². The van der Waals surface area contributed by atoms with Crippen LogP contribution >= 0.6 is 0 Å². The third-order valence-electron chi connectivity index (χ3n) is 5.43. The van der Waals surface area contributed by atoms with Crippen molar-refractivity contribution in [3.63, 3.8) is 0 Å². The van der Waals surface area contributed by atoms with Gasteiger partial charge >= 0.3 is 6.03 Å². The highest BCUT2D eigenvalue weighted by atomic mass is 16.7. The van der Waals surface area contributed by atoms with E-state index in [0.717, 1.165) is 24.9 Å². The van der Waals surface area contributed by atoms with E-state index in [0.29, 0.717) is 30.9 Å². The van der Waals surface area contributed by atoms with Crippen molar-refractivity contribution in [3.8, 4) is 0 Å². The van der Waals surface area contributed by atoms with E-state index in [-0.39, 0.29) is 11.9 Å². The predicted octanol–water partition coefficient (Wildman–Crippen LogP) is 3.43. The molecule has 2 N–H and O–H groups in total. The van der Waals surface area contributed by atoms with Crippen molar-refractivity contribution < 1.29 is 14.4 Å². The predicted molar refractivity (Wildman–Crippen MR) is 114 cm³/mol. The van der Waals surface area contributed by atoms with Gasteiger partial charge < -0.3 is 20.4 Å². The van der Waals surface area contributed by atoms with E-state index in [2.05, 4.69) is 27.7 Å². The zero-order valence-corrected chi connectivity index (χ0v) is 16.9. The number of benzene rings is 1. The second-order valence-corrected chi connectivity index (χ2v) is 7.69. The Bertz CT molecular complexity index is 962. The summed E-state index contributed by atoms with van der Waals surface area (Å²) in [5.74, 6) is -0.308. The molecule has 1 unspecified atom stereocenters. The largest absolute Gasteiger partial charge is 0.386 e. The number of hydrogen-bond acceptors (Lipinski definition) is 5. The van der Waals surface area contributed by atoms with Crippen molar-refractivity contribution in [2.75, 3.05) is 23.7 Å². The summed E-state index contributed by atoms with van der Waals surface area (Å²) in [4.78, 5) is 36.7. The lowest BCUT2D eigenvalue weighted by atomic mass is 9.88. The number of piperidine rings is 1. The molecular formula is C22H25N5O3. The number of rotatable bonds is 4. The first-order valence-electron chi connectivity index (χ1n) is 10.2. The Balaban J connectivity index is 1.36. The minimum Gasteiger partial charge on any atom is -0.386 e. The minimum absolute atomic E-state index is 0.167. The number of carbonyl (C=O) groups is 2. The van der Waals surface area contributed by atoms with Gasteiger partial charge in [-0.25, -0.2) is 4.79 Å². The summed E-state index contributed by atoms with van der Waals surface area (Å²) in [5.41, 5.74) is 2.23. The number of likely N-dealkylation sites (tertiary alicyclic amines) is 1. The summed E-state index contributed by atoms with van der Waals surface area (Å²) in [6, 6.07) is 11.2. The van der Waals surface area contributed by atoms with Crippen LogP contribution in [-0.2, 0) is 16.1 Å². The molecule has 1 aromatic heterocycles. The summed E-state index contributed by atoms with van der Waals surface area (Å²) >= 11 is 0. The van der Waals surface area contributed by atoms with Crippen LogP contribution in [0.5, 0.6) is 0 Å². The lowest BCUT2D eigenvalue weighted by molar-refractivity contribution is -0.110. The van der Waals surface area contributed by atoms with E-state index in [1.54, 1.807) is 29.4 Å². The summed E-state index contributed by atoms with van der Waals surface area (Å²) in [6.07, 6.45) is 6.02. The van der Waals surface area contributed by atoms with E-state index < -0.39 is 5.60 Å². The number of hydrogen-bond donors (Lipinski definition) is 2. The zero-order valence-electron chi connectivity index (χ0n) is 16.9. The van der Waals surface area contributed by atoms with Gasteiger partial charge in [0.2, 0.25) is 0 Å². The molecule has 0 saturated carbocycles. The van der Waals surface area contributed by atoms with Crippen LogP contribution in [0.1, 0.15) is 31.7 Å². The number of amides is 3. The van der Waals surface area contributed by atoms with Crippen molar-refractivity contribution in [1.29, 1.82) is 0 Å². The van der Waals surface area contributed by atoms with Gasteiger partial charge in [-0.15, -0.1) is 0 Å². The molecule has 3 amide bonds. The Morgan fingerprint density at radius 1 is 1.20 bits per heavy atom. The van der Waals surface area contributed by atoms with Gasteiger partial charge in [-0.05, 0) is 49.1 Å². The molecule has 156 valence electrons. The summed E-state index contributed by atoms with van der Waals surface area (Å²) in [6.45, 7) is 3.11. The van der Waals surface area contributed by atoms with E-state index in [9.17, 15) is 9.59 Å². The smallest absolute Gasteiger partial charge is 0.321 e. The average Bonchev–Trinajstić information content (AvgIpc) is 3.18. The van der Waals surface area contributed by atoms with E-state index >= 15 is 0 Å². The van der Waals surface area contributed by atoms with Crippen molar-refractivity contribution in [3.05, 3.63) is 54.4 Å². The van der Waals surface area contributed by atoms with Gasteiger partial charge in [0.15, 0.2) is 5.60 Å². The maximum Gasteiger partial charge on any atom is 0.321 e. The Kier molecular flexibility index (Phi) is 5.65. The SMILES string of the molecule is CCc1cccc(NC(=O)N2CCCC3(CC(C(=O)Nc4cccnc4)=NO3)C2)c1. The van der Waals surface area contributed by atoms with Crippen LogP contribution in [0.15, 0.2) is 53.9 Å². The van der Waals surface area contributed by atoms with Crippen molar-refractivity contribution in [1.82, 2.24) is 9.88 Å². The van der Waals surface area contributed by atoms with Crippen molar-refractivity contribution >= 4 is 29.0 Å². The summed E-state index contributed by atoms with van der Waals surface area (Å²) < 4.78 is 0. The molecule has 30 heavy (non-hydrogen) atoms. The van der Waals surface area contributed by atoms with Crippen molar-refractivity contribution in [2.45, 2.75) is 38.2 Å². The molecule has 8 nitrogen and oxygen atoms in total. The molecule has 1 fully saturated rings. The monoisotopic (exact) mass is 407 g/mol. The molecule has 2 aromatic rings. The Morgan fingerprint density at radius 3 is 2.87 bits per heavy atom. The van der Waals surface area contributed by atoms with Crippen LogP contribution in [0.2, 0.25) is 0 Å². The molecule has 2 aliphatic heterocycles. The number of aryl methyl sites for hydroxylation is 1.